The van der Waals surface area contributed by atoms with Crippen LogP contribution >= 0.6 is 0 Å². The molecule has 2 aromatic rings. The van der Waals surface area contributed by atoms with E-state index in [0.717, 1.165) is 30.4 Å². The van der Waals surface area contributed by atoms with Gasteiger partial charge in [-0.05, 0) is 109 Å². The monoisotopic (exact) mass is 624 g/mol. The zero-order valence-electron chi connectivity index (χ0n) is 28.1. The number of hydrogen-bond acceptors (Lipinski definition) is 5. The topological polar surface area (TPSA) is 72.8 Å². The summed E-state index contributed by atoms with van der Waals surface area (Å²) in [5, 5.41) is 10.8. The van der Waals surface area contributed by atoms with Gasteiger partial charge in [0.2, 0.25) is 0 Å². The van der Waals surface area contributed by atoms with Gasteiger partial charge in [-0.3, -0.25) is 0 Å². The van der Waals surface area contributed by atoms with E-state index in [2.05, 4.69) is 46.4 Å². The van der Waals surface area contributed by atoms with Crippen LogP contribution in [0.4, 0.5) is 0 Å². The number of benzene rings is 2. The summed E-state index contributed by atoms with van der Waals surface area (Å²) in [5.74, 6) is 1.38. The molecule has 3 saturated carbocycles. The van der Waals surface area contributed by atoms with Crippen molar-refractivity contribution >= 4 is 11.9 Å². The molecule has 0 saturated heterocycles. The first-order valence-corrected chi connectivity index (χ1v) is 17.4. The van der Waals surface area contributed by atoms with E-state index in [1.54, 1.807) is 12.1 Å². The lowest BCUT2D eigenvalue weighted by Crippen LogP contribution is -2.36. The zero-order chi connectivity index (χ0) is 32.8. The van der Waals surface area contributed by atoms with Crippen LogP contribution in [-0.4, -0.2) is 35.4 Å². The molecular formula is C41H52O5. The Bertz CT molecular complexity index is 1420. The SMILES string of the molecule is C=C1/C(=C\C=C2CCC[C@@]3(C)C2CC[C@@H]3[C@H](C)CC[C@@H](OC(=O)c2ccccc2)C(C)C)C[C@H](OC(=O)c2ccccc2)C[C@H]1O. The number of aliphatic hydroxyl groups is 1. The van der Waals surface area contributed by atoms with Gasteiger partial charge < -0.3 is 14.6 Å². The smallest absolute Gasteiger partial charge is 0.338 e. The van der Waals surface area contributed by atoms with Crippen molar-refractivity contribution in [2.75, 3.05) is 0 Å². The summed E-state index contributed by atoms with van der Waals surface area (Å²) in [7, 11) is 0. The van der Waals surface area contributed by atoms with Crippen LogP contribution in [0.1, 0.15) is 106 Å². The van der Waals surface area contributed by atoms with Crippen LogP contribution in [0.5, 0.6) is 0 Å². The molecule has 5 rings (SSSR count). The van der Waals surface area contributed by atoms with E-state index < -0.39 is 6.10 Å². The van der Waals surface area contributed by atoms with E-state index in [-0.39, 0.29) is 35.5 Å². The molecule has 3 fully saturated rings. The van der Waals surface area contributed by atoms with Gasteiger partial charge in [0, 0.05) is 12.8 Å². The summed E-state index contributed by atoms with van der Waals surface area (Å²) in [5.41, 5.74) is 4.57. The summed E-state index contributed by atoms with van der Waals surface area (Å²) in [6, 6.07) is 18.3. The molecule has 246 valence electrons. The minimum Gasteiger partial charge on any atom is -0.459 e. The Morgan fingerprint density at radius 1 is 0.957 bits per heavy atom. The van der Waals surface area contributed by atoms with Gasteiger partial charge in [-0.15, -0.1) is 0 Å². The maximum absolute atomic E-state index is 12.8. The fourth-order valence-corrected chi connectivity index (χ4v) is 8.48. The molecule has 1 unspecified atom stereocenters. The summed E-state index contributed by atoms with van der Waals surface area (Å²) in [4.78, 5) is 25.5. The number of esters is 2. The van der Waals surface area contributed by atoms with Gasteiger partial charge in [-0.1, -0.05) is 88.4 Å². The van der Waals surface area contributed by atoms with E-state index >= 15 is 0 Å². The molecule has 3 aliphatic rings. The number of carbonyl (C=O) groups excluding carboxylic acids is 2. The maximum Gasteiger partial charge on any atom is 0.338 e. The average Bonchev–Trinajstić information content (AvgIpc) is 3.42. The molecular weight excluding hydrogens is 572 g/mol. The predicted molar refractivity (Wildman–Crippen MR) is 183 cm³/mol. The van der Waals surface area contributed by atoms with Crippen LogP contribution in [0.3, 0.4) is 0 Å². The van der Waals surface area contributed by atoms with Crippen molar-refractivity contribution in [1.29, 1.82) is 0 Å². The van der Waals surface area contributed by atoms with Gasteiger partial charge in [0.25, 0.3) is 0 Å². The van der Waals surface area contributed by atoms with Crippen molar-refractivity contribution in [2.24, 2.45) is 29.1 Å². The second-order valence-corrected chi connectivity index (χ2v) is 14.5. The van der Waals surface area contributed by atoms with E-state index in [4.69, 9.17) is 9.47 Å². The highest BCUT2D eigenvalue weighted by Crippen LogP contribution is 2.60. The van der Waals surface area contributed by atoms with Gasteiger partial charge in [-0.25, -0.2) is 9.59 Å². The van der Waals surface area contributed by atoms with Crippen molar-refractivity contribution in [3.8, 4) is 0 Å². The van der Waals surface area contributed by atoms with Crippen LogP contribution in [0.25, 0.3) is 0 Å². The molecule has 0 heterocycles. The highest BCUT2D eigenvalue weighted by molar-refractivity contribution is 5.89. The molecule has 1 N–H and O–H groups in total. The third kappa shape index (κ3) is 7.74. The van der Waals surface area contributed by atoms with Crippen LogP contribution in [0, 0.1) is 29.1 Å². The Morgan fingerprint density at radius 3 is 2.26 bits per heavy atom. The van der Waals surface area contributed by atoms with Gasteiger partial charge in [0.1, 0.15) is 12.2 Å². The largest absolute Gasteiger partial charge is 0.459 e. The van der Waals surface area contributed by atoms with Crippen molar-refractivity contribution in [3.63, 3.8) is 0 Å². The first-order chi connectivity index (χ1) is 22.1. The Morgan fingerprint density at radius 2 is 1.61 bits per heavy atom. The summed E-state index contributed by atoms with van der Waals surface area (Å²) in [6.07, 6.45) is 12.0. The number of aliphatic hydroxyl groups excluding tert-OH is 1. The molecule has 0 amide bonds. The fraction of sp³-hybridized carbons (Fsp3) is 0.512. The normalized spacial score (nSPS) is 29.4. The maximum atomic E-state index is 12.8. The number of hydrogen-bond donors (Lipinski definition) is 1. The lowest BCUT2D eigenvalue weighted by Gasteiger charge is -2.44. The molecule has 7 atom stereocenters. The predicted octanol–water partition coefficient (Wildman–Crippen LogP) is 9.29. The number of ether oxygens (including phenoxy) is 2. The molecule has 0 radical (unpaired) electrons. The fourth-order valence-electron chi connectivity index (χ4n) is 8.48. The minimum atomic E-state index is -0.720. The molecule has 0 spiro atoms. The molecule has 5 heteroatoms. The second kappa shape index (κ2) is 15.0. The Labute approximate surface area is 275 Å². The number of fused-ring (bicyclic) bond motifs is 1. The first-order valence-electron chi connectivity index (χ1n) is 17.4. The van der Waals surface area contributed by atoms with Crippen LogP contribution in [-0.2, 0) is 9.47 Å². The van der Waals surface area contributed by atoms with E-state index in [1.807, 2.05) is 48.5 Å². The van der Waals surface area contributed by atoms with Gasteiger partial charge in [0.05, 0.1) is 17.2 Å². The second-order valence-electron chi connectivity index (χ2n) is 14.5. The summed E-state index contributed by atoms with van der Waals surface area (Å²) in [6.45, 7) is 13.4. The van der Waals surface area contributed by atoms with Crippen molar-refractivity contribution in [1.82, 2.24) is 0 Å². The lowest BCUT2D eigenvalue weighted by molar-refractivity contribution is 0.0109. The molecule has 5 nitrogen and oxygen atoms in total. The summed E-state index contributed by atoms with van der Waals surface area (Å²) >= 11 is 0. The van der Waals surface area contributed by atoms with Crippen molar-refractivity contribution in [3.05, 3.63) is 107 Å². The third-order valence-corrected chi connectivity index (χ3v) is 11.2. The molecule has 46 heavy (non-hydrogen) atoms. The summed E-state index contributed by atoms with van der Waals surface area (Å²) < 4.78 is 11.8. The van der Waals surface area contributed by atoms with Crippen LogP contribution in [0.15, 0.2) is 96.1 Å². The van der Waals surface area contributed by atoms with Crippen LogP contribution < -0.4 is 0 Å². The van der Waals surface area contributed by atoms with E-state index in [9.17, 15) is 14.7 Å². The highest BCUT2D eigenvalue weighted by atomic mass is 16.5. The highest BCUT2D eigenvalue weighted by Gasteiger charge is 2.50. The number of allylic oxidation sites excluding steroid dienone is 3. The quantitative estimate of drug-likeness (QED) is 0.267. The minimum absolute atomic E-state index is 0.0941. The Hall–Kier alpha value is -3.44. The number of carbonyl (C=O) groups is 2. The third-order valence-electron chi connectivity index (χ3n) is 11.2. The zero-order valence-corrected chi connectivity index (χ0v) is 28.1. The lowest BCUT2D eigenvalue weighted by atomic mass is 9.60. The molecule has 2 aromatic carbocycles. The Balaban J connectivity index is 1.22. The van der Waals surface area contributed by atoms with Gasteiger partial charge >= 0.3 is 11.9 Å². The Kier molecular flexibility index (Phi) is 11.0. The van der Waals surface area contributed by atoms with Crippen molar-refractivity contribution < 1.29 is 24.2 Å². The molecule has 0 aromatic heterocycles. The van der Waals surface area contributed by atoms with E-state index in [1.165, 1.54) is 31.3 Å². The number of rotatable bonds is 10. The van der Waals surface area contributed by atoms with Crippen molar-refractivity contribution in [2.45, 2.75) is 104 Å². The van der Waals surface area contributed by atoms with Crippen LogP contribution in [0.2, 0.25) is 0 Å². The average molecular weight is 625 g/mol. The molecule has 3 aliphatic carbocycles. The van der Waals surface area contributed by atoms with E-state index in [0.29, 0.717) is 41.7 Å². The molecule has 0 bridgehead atoms. The first kappa shape index (κ1) is 33.9. The standard InChI is InChI=1S/C41H52O5/c1-27(2)38(46-40(44)32-15-10-7-11-16-32)23-18-28(3)35-21-22-36-30(17-12-24-41(35,36)5)19-20-33-25-34(26-37(42)29(33)4)45-39(43)31-13-8-6-9-14-31/h6-11,13-16,19-20,27-28,34-38,42H,4,12,17-18,21-26H2,1-3,5H3/b30-19?,33-20-/t28-,34+,35-,36?,37-,38-,41-/m1/s1. The van der Waals surface area contributed by atoms with Gasteiger partial charge in [-0.2, -0.15) is 0 Å². The molecule has 0 aliphatic heterocycles. The van der Waals surface area contributed by atoms with Gasteiger partial charge in [0.15, 0.2) is 0 Å².